The average Bonchev–Trinajstić information content (AvgIpc) is 3.44. The van der Waals surface area contributed by atoms with Crippen molar-refractivity contribution in [2.45, 2.75) is 57.1 Å². The first-order chi connectivity index (χ1) is 15.5. The van der Waals surface area contributed by atoms with Crippen LogP contribution in [0.2, 0.25) is 0 Å². The van der Waals surface area contributed by atoms with E-state index in [0.717, 1.165) is 48.4 Å². The number of pyridine rings is 1. The van der Waals surface area contributed by atoms with E-state index in [9.17, 15) is 0 Å². The van der Waals surface area contributed by atoms with E-state index in [-0.39, 0.29) is 18.2 Å². The molecule has 3 aromatic heterocycles. The Kier molecular flexibility index (Phi) is 4.51. The van der Waals surface area contributed by atoms with Gasteiger partial charge >= 0.3 is 0 Å². The number of anilines is 2. The highest BCUT2D eigenvalue weighted by molar-refractivity contribution is 5.86. The first-order valence-electron chi connectivity index (χ1n) is 11.3. The maximum Gasteiger partial charge on any atom is 0.168 e. The lowest BCUT2D eigenvalue weighted by Crippen LogP contribution is -2.27. The molecular weight excluding hydrogens is 408 g/mol. The summed E-state index contributed by atoms with van der Waals surface area (Å²) >= 11 is 0. The average molecular weight is 437 g/mol. The topological polar surface area (TPSA) is 109 Å². The van der Waals surface area contributed by atoms with Crippen molar-refractivity contribution >= 4 is 22.7 Å². The second kappa shape index (κ2) is 7.31. The second-order valence-electron chi connectivity index (χ2n) is 9.35. The number of nitrogen functional groups attached to an aromatic ring is 1. The van der Waals surface area contributed by atoms with Gasteiger partial charge in [-0.1, -0.05) is 0 Å². The van der Waals surface area contributed by atoms with E-state index in [2.05, 4.69) is 30.9 Å². The van der Waals surface area contributed by atoms with Gasteiger partial charge in [0.1, 0.15) is 30.5 Å². The van der Waals surface area contributed by atoms with Crippen LogP contribution in [0.15, 0.2) is 30.9 Å². The maximum absolute atomic E-state index is 6.39. The van der Waals surface area contributed by atoms with Gasteiger partial charge in [0, 0.05) is 12.4 Å². The van der Waals surface area contributed by atoms with E-state index in [4.69, 9.17) is 19.9 Å². The molecule has 4 atom stereocenters. The molecule has 0 bridgehead atoms. The third-order valence-electron chi connectivity index (χ3n) is 6.81. The Hall–Kier alpha value is -2.91. The number of nitrogens with one attached hydrogen (secondary N) is 1. The standard InChI is InChI=1S/C23H28N6O3/c1-23(2)31-18-14(4-3-13-9-17-21(26-11-13)25-6-8-30-17)10-16(19(18)32-23)29-7-5-15-20(24)27-12-28-22(15)29/h5,7,9,11-12,14,16,18-19H,3-4,6,8,10H2,1-2H3,(H,25,26)(H2,24,27,28)/t14-,16+,18+,19-/m0/s1. The van der Waals surface area contributed by atoms with Gasteiger partial charge < -0.3 is 29.8 Å². The van der Waals surface area contributed by atoms with Crippen LogP contribution in [0.1, 0.15) is 38.3 Å². The fourth-order valence-corrected chi connectivity index (χ4v) is 5.42. The molecule has 2 fully saturated rings. The number of nitrogens with two attached hydrogens (primary N) is 1. The second-order valence-corrected chi connectivity index (χ2v) is 9.35. The number of nitrogens with zero attached hydrogens (tertiary/aromatic N) is 4. The molecule has 3 N–H and O–H groups in total. The Labute approximate surface area is 186 Å². The Morgan fingerprint density at radius 1 is 1.22 bits per heavy atom. The SMILES string of the molecule is CC1(C)O[C@@H]2[C@@H](CCc3cnc4c(c3)OCCN4)C[C@@H](n3ccc4c(N)ncnc43)[C@@H]2O1. The molecule has 0 aromatic carbocycles. The molecule has 1 saturated carbocycles. The van der Waals surface area contributed by atoms with Crippen molar-refractivity contribution in [3.8, 4) is 5.75 Å². The van der Waals surface area contributed by atoms with Crippen LogP contribution >= 0.6 is 0 Å². The third-order valence-corrected chi connectivity index (χ3v) is 6.81. The van der Waals surface area contributed by atoms with Crippen molar-refractivity contribution in [2.75, 3.05) is 24.2 Å². The summed E-state index contributed by atoms with van der Waals surface area (Å²) in [5.74, 6) is 1.93. The van der Waals surface area contributed by atoms with Crippen molar-refractivity contribution in [1.29, 1.82) is 0 Å². The molecule has 0 unspecified atom stereocenters. The highest BCUT2D eigenvalue weighted by Gasteiger charge is 2.54. The van der Waals surface area contributed by atoms with Crippen molar-refractivity contribution < 1.29 is 14.2 Å². The number of fused-ring (bicyclic) bond motifs is 3. The van der Waals surface area contributed by atoms with Gasteiger partial charge in [-0.2, -0.15) is 0 Å². The Morgan fingerprint density at radius 3 is 3.00 bits per heavy atom. The van der Waals surface area contributed by atoms with Gasteiger partial charge in [0.25, 0.3) is 0 Å². The van der Waals surface area contributed by atoms with Gasteiger partial charge in [-0.15, -0.1) is 0 Å². The number of hydrogen-bond acceptors (Lipinski definition) is 8. The summed E-state index contributed by atoms with van der Waals surface area (Å²) in [5, 5.41) is 4.15. The minimum atomic E-state index is -0.601. The monoisotopic (exact) mass is 436 g/mol. The number of ether oxygens (including phenoxy) is 3. The summed E-state index contributed by atoms with van der Waals surface area (Å²) < 4.78 is 20.7. The predicted molar refractivity (Wildman–Crippen MR) is 119 cm³/mol. The van der Waals surface area contributed by atoms with Gasteiger partial charge in [0.05, 0.1) is 24.1 Å². The van der Waals surface area contributed by atoms with Gasteiger partial charge in [0.2, 0.25) is 0 Å². The number of rotatable bonds is 4. The van der Waals surface area contributed by atoms with Crippen LogP contribution in [0.4, 0.5) is 11.6 Å². The normalized spacial score (nSPS) is 28.2. The summed E-state index contributed by atoms with van der Waals surface area (Å²) in [4.78, 5) is 13.2. The molecule has 9 heteroatoms. The zero-order valence-corrected chi connectivity index (χ0v) is 18.3. The van der Waals surface area contributed by atoms with E-state index < -0.39 is 5.79 Å². The van der Waals surface area contributed by atoms with E-state index in [1.54, 1.807) is 0 Å². The van der Waals surface area contributed by atoms with Crippen molar-refractivity contribution in [3.05, 3.63) is 36.4 Å². The fourth-order valence-electron chi connectivity index (χ4n) is 5.42. The Morgan fingerprint density at radius 2 is 2.09 bits per heavy atom. The lowest BCUT2D eigenvalue weighted by Gasteiger charge is -2.24. The van der Waals surface area contributed by atoms with Gasteiger partial charge in [-0.3, -0.25) is 0 Å². The van der Waals surface area contributed by atoms with E-state index in [0.29, 0.717) is 18.3 Å². The molecule has 32 heavy (non-hydrogen) atoms. The quantitative estimate of drug-likeness (QED) is 0.643. The van der Waals surface area contributed by atoms with E-state index in [1.165, 1.54) is 11.9 Å². The van der Waals surface area contributed by atoms with Crippen LogP contribution in [-0.2, 0) is 15.9 Å². The molecule has 1 aliphatic carbocycles. The van der Waals surface area contributed by atoms with Crippen LogP contribution in [0, 0.1) is 5.92 Å². The van der Waals surface area contributed by atoms with Crippen molar-refractivity contribution in [2.24, 2.45) is 5.92 Å². The van der Waals surface area contributed by atoms with Crippen LogP contribution in [-0.4, -0.2) is 50.7 Å². The van der Waals surface area contributed by atoms with Crippen LogP contribution in [0.5, 0.6) is 5.75 Å². The lowest BCUT2D eigenvalue weighted by atomic mass is 9.96. The first-order valence-corrected chi connectivity index (χ1v) is 11.3. The molecule has 2 aliphatic heterocycles. The lowest BCUT2D eigenvalue weighted by molar-refractivity contribution is -0.160. The number of hydrogen-bond donors (Lipinski definition) is 2. The predicted octanol–water partition coefficient (Wildman–Crippen LogP) is 2.93. The molecule has 0 spiro atoms. The highest BCUT2D eigenvalue weighted by atomic mass is 16.8. The van der Waals surface area contributed by atoms with Crippen LogP contribution in [0.25, 0.3) is 11.0 Å². The van der Waals surface area contributed by atoms with E-state index >= 15 is 0 Å². The smallest absolute Gasteiger partial charge is 0.168 e. The maximum atomic E-state index is 6.39. The molecular formula is C23H28N6O3. The molecule has 9 nitrogen and oxygen atoms in total. The number of aromatic nitrogens is 4. The van der Waals surface area contributed by atoms with Gasteiger partial charge in [-0.05, 0) is 56.7 Å². The first kappa shape index (κ1) is 19.8. The van der Waals surface area contributed by atoms with E-state index in [1.807, 2.05) is 32.3 Å². The molecule has 3 aromatic rings. The Bertz CT molecular complexity index is 1160. The van der Waals surface area contributed by atoms with Gasteiger partial charge in [0.15, 0.2) is 17.4 Å². The summed E-state index contributed by atoms with van der Waals surface area (Å²) in [6.45, 7) is 5.45. The zero-order chi connectivity index (χ0) is 21.9. The molecule has 6 rings (SSSR count). The highest BCUT2D eigenvalue weighted by Crippen LogP contribution is 2.49. The molecule has 1 saturated heterocycles. The fraction of sp³-hybridized carbons (Fsp3) is 0.522. The third kappa shape index (κ3) is 3.27. The summed E-state index contributed by atoms with van der Waals surface area (Å²) in [7, 11) is 0. The largest absolute Gasteiger partial charge is 0.488 e. The molecule has 168 valence electrons. The Balaban J connectivity index is 1.25. The minimum Gasteiger partial charge on any atom is -0.488 e. The molecule has 0 amide bonds. The molecule has 3 aliphatic rings. The molecule has 0 radical (unpaired) electrons. The van der Waals surface area contributed by atoms with Crippen LogP contribution < -0.4 is 15.8 Å². The van der Waals surface area contributed by atoms with Crippen molar-refractivity contribution in [1.82, 2.24) is 19.5 Å². The molecule has 5 heterocycles. The minimum absolute atomic E-state index is 0.0315. The van der Waals surface area contributed by atoms with Crippen LogP contribution in [0.3, 0.4) is 0 Å². The summed E-state index contributed by atoms with van der Waals surface area (Å²) in [6.07, 6.45) is 8.37. The zero-order valence-electron chi connectivity index (χ0n) is 18.3. The van der Waals surface area contributed by atoms with Crippen molar-refractivity contribution in [3.63, 3.8) is 0 Å². The number of aryl methyl sites for hydroxylation is 1. The summed E-state index contributed by atoms with van der Waals surface area (Å²) in [5.41, 5.74) is 8.09. The summed E-state index contributed by atoms with van der Waals surface area (Å²) in [6, 6.07) is 4.22. The van der Waals surface area contributed by atoms with Gasteiger partial charge in [-0.25, -0.2) is 15.0 Å².